The van der Waals surface area contributed by atoms with Gasteiger partial charge in [-0.25, -0.2) is 17.6 Å². The van der Waals surface area contributed by atoms with Crippen molar-refractivity contribution in [3.05, 3.63) is 115 Å². The van der Waals surface area contributed by atoms with E-state index >= 15 is 0 Å². The average Bonchev–Trinajstić information content (AvgIpc) is 3.06. The second-order valence-corrected chi connectivity index (χ2v) is 13.4. The Labute approximate surface area is 268 Å². The topological polar surface area (TPSA) is 82.1 Å². The quantitative estimate of drug-likeness (QED) is 0.113. The lowest BCUT2D eigenvalue weighted by molar-refractivity contribution is 0.0735. The second-order valence-electron chi connectivity index (χ2n) is 11.3. The maximum Gasteiger partial charge on any atom is 0.343 e. The Hall–Kier alpha value is -4.73. The van der Waals surface area contributed by atoms with Crippen LogP contribution in [0.4, 0.5) is 4.39 Å². The smallest absolute Gasteiger partial charge is 0.343 e. The summed E-state index contributed by atoms with van der Waals surface area (Å²) in [5.41, 5.74) is 1.76. The first-order chi connectivity index (χ1) is 22.2. The summed E-state index contributed by atoms with van der Waals surface area (Å²) in [6, 6.07) is 28.3. The molecule has 1 fully saturated rings. The second kappa shape index (κ2) is 13.7. The third-order valence-electron chi connectivity index (χ3n) is 7.99. The van der Waals surface area contributed by atoms with Crippen LogP contribution in [0.25, 0.3) is 21.9 Å². The number of halogens is 1. The van der Waals surface area contributed by atoms with E-state index < -0.39 is 21.6 Å². The van der Waals surface area contributed by atoms with Crippen LogP contribution in [-0.4, -0.2) is 51.8 Å². The molecule has 1 aliphatic rings. The van der Waals surface area contributed by atoms with Crippen molar-refractivity contribution in [3.63, 3.8) is 0 Å². The molecular formula is C37H34FNO6S. The zero-order valence-corrected chi connectivity index (χ0v) is 26.3. The van der Waals surface area contributed by atoms with Crippen molar-refractivity contribution in [3.8, 4) is 34.1 Å². The van der Waals surface area contributed by atoms with E-state index in [0.29, 0.717) is 23.9 Å². The lowest BCUT2D eigenvalue weighted by Gasteiger charge is -2.26. The molecule has 9 heteroatoms. The highest BCUT2D eigenvalue weighted by molar-refractivity contribution is 7.90. The van der Waals surface area contributed by atoms with Crippen LogP contribution in [0.5, 0.6) is 23.0 Å². The van der Waals surface area contributed by atoms with Crippen LogP contribution in [0.2, 0.25) is 0 Å². The van der Waals surface area contributed by atoms with Crippen LogP contribution < -0.4 is 14.2 Å². The number of fused-ring (bicyclic) bond motifs is 1. The van der Waals surface area contributed by atoms with Gasteiger partial charge in [-0.1, -0.05) is 24.6 Å². The van der Waals surface area contributed by atoms with Gasteiger partial charge in [0.15, 0.2) is 9.84 Å². The molecule has 6 rings (SSSR count). The third kappa shape index (κ3) is 7.55. The van der Waals surface area contributed by atoms with E-state index in [4.69, 9.17) is 14.2 Å². The molecule has 0 amide bonds. The highest BCUT2D eigenvalue weighted by Gasteiger charge is 2.16. The Bertz CT molecular complexity index is 1940. The van der Waals surface area contributed by atoms with Crippen molar-refractivity contribution in [1.29, 1.82) is 0 Å². The molecule has 0 spiro atoms. The number of esters is 1. The predicted molar refractivity (Wildman–Crippen MR) is 176 cm³/mol. The number of likely N-dealkylation sites (tertiary alicyclic amines) is 1. The van der Waals surface area contributed by atoms with E-state index in [2.05, 4.69) is 4.90 Å². The molecule has 5 aromatic rings. The first-order valence-corrected chi connectivity index (χ1v) is 17.1. The summed E-state index contributed by atoms with van der Waals surface area (Å²) < 4.78 is 55.5. The number of carbonyl (C=O) groups excluding carboxylic acids is 1. The summed E-state index contributed by atoms with van der Waals surface area (Å²) in [5.74, 6) is 1.19. The Morgan fingerprint density at radius 2 is 1.46 bits per heavy atom. The zero-order chi connectivity index (χ0) is 32.1. The van der Waals surface area contributed by atoms with Gasteiger partial charge in [-0.05, 0) is 122 Å². The van der Waals surface area contributed by atoms with Gasteiger partial charge in [-0.15, -0.1) is 0 Å². The van der Waals surface area contributed by atoms with Crippen molar-refractivity contribution in [2.24, 2.45) is 0 Å². The molecule has 0 unspecified atom stereocenters. The predicted octanol–water partition coefficient (Wildman–Crippen LogP) is 7.93. The van der Waals surface area contributed by atoms with Gasteiger partial charge in [0, 0.05) is 23.8 Å². The van der Waals surface area contributed by atoms with Gasteiger partial charge in [-0.2, -0.15) is 0 Å². The number of ether oxygens (including phenoxy) is 3. The lowest BCUT2D eigenvalue weighted by Crippen LogP contribution is -2.33. The number of sulfone groups is 1. The van der Waals surface area contributed by atoms with Gasteiger partial charge in [0.1, 0.15) is 35.4 Å². The van der Waals surface area contributed by atoms with E-state index in [0.717, 1.165) is 47.3 Å². The Balaban J connectivity index is 1.27. The largest absolute Gasteiger partial charge is 0.492 e. The number of benzene rings is 5. The molecule has 0 N–H and O–H groups in total. The molecule has 1 saturated heterocycles. The summed E-state index contributed by atoms with van der Waals surface area (Å²) in [7, 11) is -3.36. The molecule has 0 radical (unpaired) electrons. The molecule has 0 saturated carbocycles. The highest BCUT2D eigenvalue weighted by atomic mass is 32.2. The lowest BCUT2D eigenvalue weighted by atomic mass is 9.99. The van der Waals surface area contributed by atoms with Gasteiger partial charge < -0.3 is 14.2 Å². The SMILES string of the molecule is CS(=O)(=O)c1ccc(-c2ccc3cc(OC(=O)c4ccc(F)cc4)ccc3c2Oc2ccc(OCCN3CCCCC3)cc2)cc1. The molecule has 46 heavy (non-hydrogen) atoms. The van der Waals surface area contributed by atoms with Crippen molar-refractivity contribution < 1.29 is 31.8 Å². The number of carbonyl (C=O) groups is 1. The number of hydrogen-bond donors (Lipinski definition) is 0. The van der Waals surface area contributed by atoms with Gasteiger partial charge in [-0.3, -0.25) is 4.90 Å². The zero-order valence-electron chi connectivity index (χ0n) is 25.4. The Morgan fingerprint density at radius 3 is 2.15 bits per heavy atom. The maximum atomic E-state index is 13.3. The first kappa shape index (κ1) is 31.3. The van der Waals surface area contributed by atoms with Crippen LogP contribution in [-0.2, 0) is 9.84 Å². The summed E-state index contributed by atoms with van der Waals surface area (Å²) in [6.45, 7) is 3.76. The summed E-state index contributed by atoms with van der Waals surface area (Å²) in [6.07, 6.45) is 4.96. The van der Waals surface area contributed by atoms with Crippen molar-refractivity contribution >= 4 is 26.6 Å². The minimum absolute atomic E-state index is 0.225. The molecule has 0 bridgehead atoms. The maximum absolute atomic E-state index is 13.3. The van der Waals surface area contributed by atoms with E-state index in [9.17, 15) is 17.6 Å². The van der Waals surface area contributed by atoms with E-state index in [-0.39, 0.29) is 10.5 Å². The van der Waals surface area contributed by atoms with Crippen LogP contribution in [0, 0.1) is 5.82 Å². The molecule has 1 aliphatic heterocycles. The number of piperidine rings is 1. The van der Waals surface area contributed by atoms with E-state index in [1.807, 2.05) is 42.5 Å². The standard InChI is InChI=1S/C37H34FNO6S/c1-46(41,42)33-17-7-26(8-18-33)34-19-9-28-25-32(45-37(40)27-5-10-29(38)11-6-27)16-20-35(28)36(34)44-31-14-12-30(13-15-31)43-24-23-39-21-3-2-4-22-39/h5-20,25H,2-4,21-24H2,1H3. The van der Waals surface area contributed by atoms with Crippen molar-refractivity contribution in [2.75, 3.05) is 32.5 Å². The third-order valence-corrected chi connectivity index (χ3v) is 9.12. The number of hydrogen-bond acceptors (Lipinski definition) is 7. The molecule has 0 aliphatic carbocycles. The summed E-state index contributed by atoms with van der Waals surface area (Å²) in [4.78, 5) is 15.3. The molecule has 0 atom stereocenters. The highest BCUT2D eigenvalue weighted by Crippen LogP contribution is 2.41. The fraction of sp³-hybridized carbons (Fsp3) is 0.216. The molecule has 0 aromatic heterocycles. The summed E-state index contributed by atoms with van der Waals surface area (Å²) in [5, 5.41) is 1.52. The van der Waals surface area contributed by atoms with Crippen LogP contribution in [0.15, 0.2) is 108 Å². The fourth-order valence-electron chi connectivity index (χ4n) is 5.51. The monoisotopic (exact) mass is 639 g/mol. The number of rotatable bonds is 10. The van der Waals surface area contributed by atoms with E-state index in [1.54, 1.807) is 36.4 Å². The number of nitrogens with zero attached hydrogens (tertiary/aromatic N) is 1. The van der Waals surface area contributed by atoms with E-state index in [1.165, 1.54) is 49.8 Å². The van der Waals surface area contributed by atoms with Gasteiger partial charge in [0.25, 0.3) is 0 Å². The molecule has 5 aromatic carbocycles. The average molecular weight is 640 g/mol. The Morgan fingerprint density at radius 1 is 0.783 bits per heavy atom. The van der Waals surface area contributed by atoms with Gasteiger partial charge in [0.2, 0.25) is 0 Å². The van der Waals surface area contributed by atoms with Crippen molar-refractivity contribution in [1.82, 2.24) is 4.90 Å². The van der Waals surface area contributed by atoms with Crippen LogP contribution in [0.1, 0.15) is 29.6 Å². The van der Waals surface area contributed by atoms with Gasteiger partial charge in [0.05, 0.1) is 10.5 Å². The molecular weight excluding hydrogens is 605 g/mol. The first-order valence-electron chi connectivity index (χ1n) is 15.2. The normalized spacial score (nSPS) is 13.8. The summed E-state index contributed by atoms with van der Waals surface area (Å²) >= 11 is 0. The van der Waals surface area contributed by atoms with Crippen molar-refractivity contribution in [2.45, 2.75) is 24.2 Å². The van der Waals surface area contributed by atoms with Crippen LogP contribution >= 0.6 is 0 Å². The van der Waals surface area contributed by atoms with Gasteiger partial charge >= 0.3 is 5.97 Å². The molecule has 1 heterocycles. The minimum atomic E-state index is -3.36. The minimum Gasteiger partial charge on any atom is -0.492 e. The van der Waals surface area contributed by atoms with Crippen LogP contribution in [0.3, 0.4) is 0 Å². The Kier molecular flexibility index (Phi) is 9.33. The fourth-order valence-corrected chi connectivity index (χ4v) is 6.14. The molecule has 7 nitrogen and oxygen atoms in total. The molecule has 236 valence electrons.